The first-order chi connectivity index (χ1) is 15.0. The van der Waals surface area contributed by atoms with Crippen molar-refractivity contribution in [2.45, 2.75) is 39.2 Å². The molecule has 2 heterocycles. The molecule has 0 radical (unpaired) electrons. The molecular formula is C25H29N3O3. The Labute approximate surface area is 183 Å². The number of ether oxygens (including phenoxy) is 1. The molecule has 1 fully saturated rings. The average molecular weight is 420 g/mol. The van der Waals surface area contributed by atoms with Gasteiger partial charge in [-0.05, 0) is 54.5 Å². The highest BCUT2D eigenvalue weighted by atomic mass is 16.5. The van der Waals surface area contributed by atoms with Crippen molar-refractivity contribution in [1.82, 2.24) is 15.5 Å². The van der Waals surface area contributed by atoms with Gasteiger partial charge in [0.2, 0.25) is 5.82 Å². The van der Waals surface area contributed by atoms with E-state index in [4.69, 9.17) is 9.26 Å². The Morgan fingerprint density at radius 2 is 1.84 bits per heavy atom. The van der Waals surface area contributed by atoms with E-state index >= 15 is 0 Å². The minimum atomic E-state index is -0.148. The first kappa shape index (κ1) is 21.2. The van der Waals surface area contributed by atoms with Gasteiger partial charge in [-0.2, -0.15) is 4.98 Å². The van der Waals surface area contributed by atoms with Crippen molar-refractivity contribution in [2.24, 2.45) is 11.8 Å². The maximum absolute atomic E-state index is 11.5. The second-order valence-electron chi connectivity index (χ2n) is 8.68. The van der Waals surface area contributed by atoms with Gasteiger partial charge in [-0.1, -0.05) is 55.4 Å². The maximum atomic E-state index is 11.5. The molecule has 31 heavy (non-hydrogen) atoms. The number of methoxy groups -OCH3 is 1. The first-order valence-corrected chi connectivity index (χ1v) is 10.9. The number of carbonyl (C=O) groups excluding carboxylic acids is 1. The Balaban J connectivity index is 1.41. The molecule has 0 aliphatic carbocycles. The van der Waals surface area contributed by atoms with E-state index in [1.54, 1.807) is 0 Å². The monoisotopic (exact) mass is 419 g/mol. The topological polar surface area (TPSA) is 77.2 Å². The summed E-state index contributed by atoms with van der Waals surface area (Å²) in [5.41, 5.74) is 4.35. The summed E-state index contributed by atoms with van der Waals surface area (Å²) < 4.78 is 10.3. The molecule has 4 rings (SSSR count). The summed E-state index contributed by atoms with van der Waals surface area (Å²) >= 11 is 0. The van der Waals surface area contributed by atoms with Crippen LogP contribution >= 0.6 is 0 Å². The minimum absolute atomic E-state index is 0.148. The third kappa shape index (κ3) is 5.20. The van der Waals surface area contributed by atoms with Gasteiger partial charge >= 0.3 is 5.97 Å². The van der Waals surface area contributed by atoms with Gasteiger partial charge in [-0.15, -0.1) is 0 Å². The molecular weight excluding hydrogens is 390 g/mol. The van der Waals surface area contributed by atoms with Gasteiger partial charge in [-0.3, -0.25) is 4.79 Å². The molecule has 1 saturated heterocycles. The summed E-state index contributed by atoms with van der Waals surface area (Å²) in [6.45, 7) is 5.26. The largest absolute Gasteiger partial charge is 0.469 e. The SMILES string of the molecule is COC(=O)CC1CNC(c2ccc(-c3noc(-c4ccc(CC(C)C)cc4)n3)cc2)C1. The number of carbonyl (C=O) groups is 1. The smallest absolute Gasteiger partial charge is 0.305 e. The number of aromatic nitrogens is 2. The fraction of sp³-hybridized carbons (Fsp3) is 0.400. The van der Waals surface area contributed by atoms with Crippen molar-refractivity contribution in [1.29, 1.82) is 0 Å². The predicted molar refractivity (Wildman–Crippen MR) is 119 cm³/mol. The van der Waals surface area contributed by atoms with Gasteiger partial charge in [-0.25, -0.2) is 0 Å². The normalized spacial score (nSPS) is 18.5. The third-order valence-corrected chi connectivity index (χ3v) is 5.75. The fourth-order valence-corrected chi connectivity index (χ4v) is 4.11. The van der Waals surface area contributed by atoms with Gasteiger partial charge in [0.15, 0.2) is 0 Å². The van der Waals surface area contributed by atoms with E-state index < -0.39 is 0 Å². The zero-order valence-corrected chi connectivity index (χ0v) is 18.3. The molecule has 0 bridgehead atoms. The predicted octanol–water partition coefficient (Wildman–Crippen LogP) is 4.82. The second-order valence-corrected chi connectivity index (χ2v) is 8.68. The molecule has 1 aliphatic rings. The molecule has 1 aliphatic heterocycles. The number of rotatable bonds is 7. The summed E-state index contributed by atoms with van der Waals surface area (Å²) in [6, 6.07) is 16.8. The van der Waals surface area contributed by atoms with Gasteiger partial charge in [0.1, 0.15) is 0 Å². The standard InChI is InChI=1S/C25H29N3O3/c1-16(2)12-17-4-6-21(7-5-17)25-27-24(28-31-25)20-10-8-19(9-11-20)22-13-18(15-26-22)14-23(29)30-3/h4-11,16,18,22,26H,12-15H2,1-3H3. The third-order valence-electron chi connectivity index (χ3n) is 5.75. The first-order valence-electron chi connectivity index (χ1n) is 10.9. The molecule has 2 aromatic carbocycles. The van der Waals surface area contributed by atoms with Crippen LogP contribution in [0.1, 0.15) is 43.9 Å². The molecule has 0 amide bonds. The Bertz CT molecular complexity index is 1010. The number of hydrogen-bond donors (Lipinski definition) is 1. The van der Waals surface area contributed by atoms with Crippen LogP contribution in [0.4, 0.5) is 0 Å². The molecule has 1 aromatic heterocycles. The van der Waals surface area contributed by atoms with Crippen LogP contribution in [-0.4, -0.2) is 29.8 Å². The van der Waals surface area contributed by atoms with Crippen molar-refractivity contribution in [3.05, 3.63) is 59.7 Å². The average Bonchev–Trinajstić information content (AvgIpc) is 3.44. The summed E-state index contributed by atoms with van der Waals surface area (Å²) in [5.74, 6) is 1.89. The number of benzene rings is 2. The Morgan fingerprint density at radius 3 is 2.52 bits per heavy atom. The molecule has 0 saturated carbocycles. The molecule has 162 valence electrons. The molecule has 6 nitrogen and oxygen atoms in total. The molecule has 3 aromatic rings. The summed E-state index contributed by atoms with van der Waals surface area (Å²) in [5, 5.41) is 7.66. The second kappa shape index (κ2) is 9.43. The van der Waals surface area contributed by atoms with E-state index in [0.29, 0.717) is 30.0 Å². The van der Waals surface area contributed by atoms with Crippen LogP contribution < -0.4 is 5.32 Å². The van der Waals surface area contributed by atoms with Crippen molar-refractivity contribution in [3.8, 4) is 22.8 Å². The highest BCUT2D eigenvalue weighted by Crippen LogP contribution is 2.30. The van der Waals surface area contributed by atoms with E-state index in [1.165, 1.54) is 18.2 Å². The molecule has 2 atom stereocenters. The Hall–Kier alpha value is -2.99. The minimum Gasteiger partial charge on any atom is -0.469 e. The van der Waals surface area contributed by atoms with Crippen molar-refractivity contribution in [3.63, 3.8) is 0 Å². The van der Waals surface area contributed by atoms with E-state index in [2.05, 4.69) is 53.6 Å². The van der Waals surface area contributed by atoms with E-state index in [0.717, 1.165) is 30.5 Å². The quantitative estimate of drug-likeness (QED) is 0.554. The van der Waals surface area contributed by atoms with E-state index in [9.17, 15) is 4.79 Å². The molecule has 1 N–H and O–H groups in total. The molecule has 2 unspecified atom stereocenters. The summed E-state index contributed by atoms with van der Waals surface area (Å²) in [4.78, 5) is 16.1. The zero-order valence-electron chi connectivity index (χ0n) is 18.3. The fourth-order valence-electron chi connectivity index (χ4n) is 4.11. The van der Waals surface area contributed by atoms with Gasteiger partial charge in [0.05, 0.1) is 7.11 Å². The van der Waals surface area contributed by atoms with Crippen molar-refractivity contribution in [2.75, 3.05) is 13.7 Å². The van der Waals surface area contributed by atoms with Crippen LogP contribution in [0.25, 0.3) is 22.8 Å². The van der Waals surface area contributed by atoms with Crippen molar-refractivity contribution >= 4 is 5.97 Å². The Kier molecular flexibility index (Phi) is 6.47. The number of nitrogens with one attached hydrogen (secondary N) is 1. The number of esters is 1. The van der Waals surface area contributed by atoms with Crippen molar-refractivity contribution < 1.29 is 14.1 Å². The van der Waals surface area contributed by atoms with Crippen LogP contribution in [0.15, 0.2) is 53.1 Å². The lowest BCUT2D eigenvalue weighted by Crippen LogP contribution is -2.15. The van der Waals surface area contributed by atoms with E-state index in [-0.39, 0.29) is 12.0 Å². The summed E-state index contributed by atoms with van der Waals surface area (Å²) in [6.07, 6.45) is 2.44. The highest BCUT2D eigenvalue weighted by molar-refractivity contribution is 5.69. The van der Waals surface area contributed by atoms with Crippen LogP contribution in [-0.2, 0) is 16.0 Å². The van der Waals surface area contributed by atoms with Crippen LogP contribution in [0.2, 0.25) is 0 Å². The van der Waals surface area contributed by atoms with Gasteiger partial charge in [0.25, 0.3) is 5.89 Å². The van der Waals surface area contributed by atoms with Crippen LogP contribution in [0.5, 0.6) is 0 Å². The lowest BCUT2D eigenvalue weighted by atomic mass is 9.97. The Morgan fingerprint density at radius 1 is 1.13 bits per heavy atom. The van der Waals surface area contributed by atoms with E-state index in [1.807, 2.05) is 24.3 Å². The lowest BCUT2D eigenvalue weighted by molar-refractivity contribution is -0.141. The van der Waals surface area contributed by atoms with Crippen LogP contribution in [0, 0.1) is 11.8 Å². The molecule has 6 heteroatoms. The van der Waals surface area contributed by atoms with Crippen LogP contribution in [0.3, 0.4) is 0 Å². The van der Waals surface area contributed by atoms with Gasteiger partial charge < -0.3 is 14.6 Å². The maximum Gasteiger partial charge on any atom is 0.305 e. The lowest BCUT2D eigenvalue weighted by Gasteiger charge is -2.11. The molecule has 0 spiro atoms. The summed E-state index contributed by atoms with van der Waals surface area (Å²) in [7, 11) is 1.44. The van der Waals surface area contributed by atoms with Gasteiger partial charge in [0, 0.05) is 23.6 Å². The number of hydrogen-bond acceptors (Lipinski definition) is 6. The zero-order chi connectivity index (χ0) is 21.8. The highest BCUT2D eigenvalue weighted by Gasteiger charge is 2.27. The number of nitrogens with zero attached hydrogens (tertiary/aromatic N) is 2.